The van der Waals surface area contributed by atoms with Gasteiger partial charge in [-0.05, 0) is 75.6 Å². The van der Waals surface area contributed by atoms with Crippen LogP contribution in [0.15, 0.2) is 24.3 Å². The Morgan fingerprint density at radius 1 is 0.278 bits per heavy atom. The number of hydrogen-bond donors (Lipinski definition) is 0. The van der Waals surface area contributed by atoms with Crippen LogP contribution in [-0.2, 0) is 25.7 Å². The SMILES string of the molecule is CCCCCCCCc1cc2c3cc(CCCCCCCC)sc3c3c4sc(CCCCCCCC)cc4c4cc(CCCCCCCC)sc4c3c2s1. The van der Waals surface area contributed by atoms with Gasteiger partial charge in [0.05, 0.1) is 0 Å². The van der Waals surface area contributed by atoms with Crippen molar-refractivity contribution >= 4 is 96.5 Å². The van der Waals surface area contributed by atoms with Gasteiger partial charge >= 0.3 is 0 Å². The zero-order chi connectivity index (χ0) is 37.5. The van der Waals surface area contributed by atoms with Gasteiger partial charge in [0.1, 0.15) is 0 Å². The fourth-order valence-electron chi connectivity index (χ4n) is 8.78. The van der Waals surface area contributed by atoms with E-state index in [4.69, 9.17) is 0 Å². The molecule has 2 aromatic carbocycles. The second-order valence-corrected chi connectivity index (χ2v) is 21.2. The standard InChI is InChI=1S/C50H72S4/c1-5-9-13-17-21-25-29-37-33-41-42-34-38(30-26-22-18-14-10-6-2)52-48(42)46-45(47(41)51-37)49-43(35-39(53-49)31-27-23-19-15-11-7-3)44-36-40(54-50(44)46)32-28-24-20-16-12-8-4/h33-36H,5-32H2,1-4H3. The molecule has 0 unspecified atom stereocenters. The summed E-state index contributed by atoms with van der Waals surface area (Å²) in [4.78, 5) is 6.46. The first-order valence-corrected chi connectivity index (χ1v) is 26.2. The van der Waals surface area contributed by atoms with Crippen LogP contribution in [0, 0.1) is 0 Å². The predicted molar refractivity (Wildman–Crippen MR) is 254 cm³/mol. The topological polar surface area (TPSA) is 0 Å². The van der Waals surface area contributed by atoms with E-state index in [0.29, 0.717) is 0 Å². The van der Waals surface area contributed by atoms with E-state index < -0.39 is 0 Å². The molecule has 0 aliphatic carbocycles. The van der Waals surface area contributed by atoms with Crippen LogP contribution in [0.1, 0.15) is 201 Å². The Bertz CT molecular complexity index is 1710. The summed E-state index contributed by atoms with van der Waals surface area (Å²) in [5.41, 5.74) is 0. The molecular formula is C50H72S4. The lowest BCUT2D eigenvalue weighted by Gasteiger charge is -2.07. The average Bonchev–Trinajstić information content (AvgIpc) is 3.98. The number of hydrogen-bond acceptors (Lipinski definition) is 4. The van der Waals surface area contributed by atoms with Gasteiger partial charge in [0.25, 0.3) is 0 Å². The Kier molecular flexibility index (Phi) is 17.5. The lowest BCUT2D eigenvalue weighted by Crippen LogP contribution is -1.82. The Hall–Kier alpha value is -1.46. The smallest absolute Gasteiger partial charge is 0.0446 e. The van der Waals surface area contributed by atoms with E-state index in [1.165, 1.54) is 180 Å². The summed E-state index contributed by atoms with van der Waals surface area (Å²) in [5.74, 6) is 0. The molecule has 0 amide bonds. The minimum atomic E-state index is 1.24. The molecule has 0 saturated heterocycles. The molecule has 0 nitrogen and oxygen atoms in total. The molecule has 0 fully saturated rings. The Morgan fingerprint density at radius 3 is 0.704 bits per heavy atom. The summed E-state index contributed by atoms with van der Waals surface area (Å²) in [7, 11) is 0. The molecule has 0 aliphatic heterocycles. The van der Waals surface area contributed by atoms with Crippen LogP contribution in [0.3, 0.4) is 0 Å². The number of unbranched alkanes of at least 4 members (excludes halogenated alkanes) is 20. The van der Waals surface area contributed by atoms with Gasteiger partial charge in [-0.15, -0.1) is 45.3 Å². The molecule has 6 rings (SSSR count). The Balaban J connectivity index is 1.42. The van der Waals surface area contributed by atoms with Crippen LogP contribution in [0.5, 0.6) is 0 Å². The van der Waals surface area contributed by atoms with E-state index in [2.05, 4.69) is 97.3 Å². The molecule has 0 N–H and O–H groups in total. The van der Waals surface area contributed by atoms with Crippen molar-refractivity contribution in [2.24, 2.45) is 0 Å². The fourth-order valence-corrected chi connectivity index (χ4v) is 14.0. The van der Waals surface area contributed by atoms with Crippen LogP contribution >= 0.6 is 45.3 Å². The first-order chi connectivity index (χ1) is 26.7. The third-order valence-corrected chi connectivity index (χ3v) is 16.8. The van der Waals surface area contributed by atoms with Crippen LogP contribution in [-0.4, -0.2) is 0 Å². The quantitative estimate of drug-likeness (QED) is 0.0434. The van der Waals surface area contributed by atoms with E-state index in [1.807, 2.05) is 0 Å². The largest absolute Gasteiger partial charge is 0.140 e. The normalized spacial score (nSPS) is 12.3. The molecule has 54 heavy (non-hydrogen) atoms. The Morgan fingerprint density at radius 2 is 0.481 bits per heavy atom. The van der Waals surface area contributed by atoms with Gasteiger partial charge in [-0.3, -0.25) is 0 Å². The average molecular weight is 801 g/mol. The minimum absolute atomic E-state index is 1.24. The van der Waals surface area contributed by atoms with E-state index in [0.717, 1.165) is 0 Å². The van der Waals surface area contributed by atoms with Crippen molar-refractivity contribution in [1.82, 2.24) is 0 Å². The highest BCUT2D eigenvalue weighted by Crippen LogP contribution is 2.52. The zero-order valence-corrected chi connectivity index (χ0v) is 38.0. The molecule has 4 heteroatoms. The molecule has 296 valence electrons. The van der Waals surface area contributed by atoms with Gasteiger partial charge in [-0.1, -0.05) is 156 Å². The number of fused-ring (bicyclic) bond motifs is 11. The summed E-state index contributed by atoms with van der Waals surface area (Å²) in [6, 6.07) is 10.6. The fraction of sp³-hybridized carbons (Fsp3) is 0.640. The van der Waals surface area contributed by atoms with Crippen molar-refractivity contribution in [1.29, 1.82) is 0 Å². The highest BCUT2D eigenvalue weighted by atomic mass is 32.1. The molecular weight excluding hydrogens is 729 g/mol. The first-order valence-electron chi connectivity index (χ1n) is 22.9. The summed E-state index contributed by atoms with van der Waals surface area (Å²) < 4.78 is 6.36. The number of aryl methyl sites for hydroxylation is 4. The summed E-state index contributed by atoms with van der Waals surface area (Å²) in [5, 5.41) is 9.46. The van der Waals surface area contributed by atoms with Crippen molar-refractivity contribution < 1.29 is 0 Å². The molecule has 0 radical (unpaired) electrons. The third kappa shape index (κ3) is 10.9. The van der Waals surface area contributed by atoms with Crippen molar-refractivity contribution in [3.63, 3.8) is 0 Å². The molecule has 0 atom stereocenters. The third-order valence-electron chi connectivity index (χ3n) is 12.0. The number of rotatable bonds is 28. The van der Waals surface area contributed by atoms with E-state index in [1.54, 1.807) is 70.6 Å². The van der Waals surface area contributed by atoms with Crippen molar-refractivity contribution in [2.75, 3.05) is 0 Å². The van der Waals surface area contributed by atoms with Crippen molar-refractivity contribution in [2.45, 2.75) is 207 Å². The van der Waals surface area contributed by atoms with E-state index in [9.17, 15) is 0 Å². The maximum atomic E-state index is 2.65. The summed E-state index contributed by atoms with van der Waals surface area (Å²) >= 11 is 8.62. The maximum Gasteiger partial charge on any atom is 0.0446 e. The van der Waals surface area contributed by atoms with E-state index >= 15 is 0 Å². The lowest BCUT2D eigenvalue weighted by atomic mass is 9.99. The maximum absolute atomic E-state index is 2.65. The van der Waals surface area contributed by atoms with Gasteiger partial charge in [-0.25, -0.2) is 0 Å². The predicted octanol–water partition coefficient (Wildman–Crippen LogP) is 19.3. The first kappa shape index (κ1) is 42.2. The number of benzene rings is 2. The van der Waals surface area contributed by atoms with Crippen molar-refractivity contribution in [3.05, 3.63) is 43.8 Å². The van der Waals surface area contributed by atoms with Gasteiger partial charge in [0.15, 0.2) is 0 Å². The number of thiophene rings is 4. The van der Waals surface area contributed by atoms with Gasteiger partial charge < -0.3 is 0 Å². The molecule has 0 spiro atoms. The molecule has 0 saturated carbocycles. The second kappa shape index (κ2) is 22.5. The zero-order valence-electron chi connectivity index (χ0n) is 34.7. The summed E-state index contributed by atoms with van der Waals surface area (Å²) in [6.07, 6.45) is 37.9. The van der Waals surface area contributed by atoms with Crippen LogP contribution in [0.2, 0.25) is 0 Å². The second-order valence-electron chi connectivity index (χ2n) is 16.6. The highest BCUT2D eigenvalue weighted by molar-refractivity contribution is 7.27. The monoisotopic (exact) mass is 800 g/mol. The van der Waals surface area contributed by atoms with E-state index in [-0.39, 0.29) is 0 Å². The molecule has 0 bridgehead atoms. The summed E-state index contributed by atoms with van der Waals surface area (Å²) in [6.45, 7) is 9.31. The molecule has 6 aromatic rings. The lowest BCUT2D eigenvalue weighted by molar-refractivity contribution is 0.609. The molecule has 4 aromatic heterocycles. The molecule has 4 heterocycles. The van der Waals surface area contributed by atoms with Crippen LogP contribution < -0.4 is 0 Å². The van der Waals surface area contributed by atoms with Crippen LogP contribution in [0.25, 0.3) is 51.1 Å². The highest BCUT2D eigenvalue weighted by Gasteiger charge is 2.23. The van der Waals surface area contributed by atoms with Gasteiger partial charge in [0, 0.05) is 70.6 Å². The van der Waals surface area contributed by atoms with Crippen LogP contribution in [0.4, 0.5) is 0 Å². The van der Waals surface area contributed by atoms with Crippen molar-refractivity contribution in [3.8, 4) is 0 Å². The Labute approximate surface area is 345 Å². The van der Waals surface area contributed by atoms with Gasteiger partial charge in [-0.2, -0.15) is 0 Å². The van der Waals surface area contributed by atoms with Gasteiger partial charge in [0.2, 0.25) is 0 Å². The molecule has 0 aliphatic rings. The minimum Gasteiger partial charge on any atom is -0.140 e.